The second kappa shape index (κ2) is 13.9. The zero-order chi connectivity index (χ0) is 34.6. The molecule has 0 amide bonds. The van der Waals surface area contributed by atoms with Crippen molar-refractivity contribution in [3.63, 3.8) is 0 Å². The van der Waals surface area contributed by atoms with E-state index in [4.69, 9.17) is 15.9 Å². The molecule has 2 aliphatic heterocycles. The van der Waals surface area contributed by atoms with E-state index in [9.17, 15) is 32.4 Å². The van der Waals surface area contributed by atoms with Gasteiger partial charge >= 0.3 is 18.1 Å². The SMILES string of the molecule is N#CCC1(n2cc(-c3ncnc4[nH]ccc34)c(N)n2)CN(C2CCN(Cc3ccnc(C(F)(F)F)c3F)CC2)C1.O=C(O)CCC(=O)O. The van der Waals surface area contributed by atoms with Crippen molar-refractivity contribution in [2.24, 2.45) is 0 Å². The summed E-state index contributed by atoms with van der Waals surface area (Å²) in [5.74, 6) is -3.14. The van der Waals surface area contributed by atoms with Crippen LogP contribution in [0.1, 0.15) is 43.4 Å². The Balaban J connectivity index is 0.000000503. The number of hydrogen-bond donors (Lipinski definition) is 4. The molecule has 4 aromatic heterocycles. The van der Waals surface area contributed by atoms with Crippen LogP contribution in [0.25, 0.3) is 22.3 Å². The summed E-state index contributed by atoms with van der Waals surface area (Å²) in [6.45, 7) is 2.56. The molecular weight excluding hydrogens is 640 g/mol. The first-order valence-corrected chi connectivity index (χ1v) is 14.9. The summed E-state index contributed by atoms with van der Waals surface area (Å²) in [6.07, 6.45) is 2.49. The fourth-order valence-electron chi connectivity index (χ4n) is 6.05. The summed E-state index contributed by atoms with van der Waals surface area (Å²) in [6, 6.07) is 5.71. The molecule has 0 saturated carbocycles. The van der Waals surface area contributed by atoms with Gasteiger partial charge in [-0.15, -0.1) is 0 Å². The van der Waals surface area contributed by atoms with Gasteiger partial charge in [0.15, 0.2) is 17.3 Å². The van der Waals surface area contributed by atoms with E-state index < -0.39 is 35.2 Å². The van der Waals surface area contributed by atoms with E-state index in [1.807, 2.05) is 17.2 Å². The quantitative estimate of drug-likeness (QED) is 0.189. The topological polar surface area (TPSA) is 203 Å². The Morgan fingerprint density at radius 2 is 1.79 bits per heavy atom. The number of carbonyl (C=O) groups is 2. The van der Waals surface area contributed by atoms with Crippen molar-refractivity contribution in [2.75, 3.05) is 31.9 Å². The highest BCUT2D eigenvalue weighted by Gasteiger charge is 2.48. The van der Waals surface area contributed by atoms with Crippen LogP contribution < -0.4 is 5.73 Å². The molecule has 6 rings (SSSR count). The third-order valence-electron chi connectivity index (χ3n) is 8.50. The number of nitrogen functional groups attached to an aromatic ring is 1. The Kier molecular flexibility index (Phi) is 9.91. The van der Waals surface area contributed by atoms with E-state index in [0.29, 0.717) is 48.9 Å². The number of aromatic nitrogens is 6. The first-order chi connectivity index (χ1) is 22.8. The van der Waals surface area contributed by atoms with Crippen LogP contribution in [0.15, 0.2) is 37.1 Å². The van der Waals surface area contributed by atoms with Gasteiger partial charge in [0.05, 0.1) is 36.6 Å². The lowest BCUT2D eigenvalue weighted by Crippen LogP contribution is -2.66. The van der Waals surface area contributed by atoms with E-state index in [2.05, 4.69) is 36.0 Å². The molecule has 6 heterocycles. The number of H-pyrrole nitrogens is 1. The van der Waals surface area contributed by atoms with Gasteiger partial charge < -0.3 is 20.9 Å². The fourth-order valence-corrected chi connectivity index (χ4v) is 6.05. The average molecular weight is 673 g/mol. The summed E-state index contributed by atoms with van der Waals surface area (Å²) in [5.41, 5.74) is 6.32. The number of alkyl halides is 3. The lowest BCUT2D eigenvalue weighted by Gasteiger charge is -2.53. The first kappa shape index (κ1) is 34.2. The lowest BCUT2D eigenvalue weighted by molar-refractivity contribution is -0.144. The highest BCUT2D eigenvalue weighted by atomic mass is 19.4. The summed E-state index contributed by atoms with van der Waals surface area (Å²) < 4.78 is 55.3. The van der Waals surface area contributed by atoms with Gasteiger partial charge in [-0.25, -0.2) is 19.3 Å². The van der Waals surface area contributed by atoms with Gasteiger partial charge in [0.1, 0.15) is 17.5 Å². The number of nitriles is 1. The molecule has 4 aromatic rings. The van der Waals surface area contributed by atoms with Gasteiger partial charge in [0.2, 0.25) is 0 Å². The van der Waals surface area contributed by atoms with E-state index in [-0.39, 0.29) is 37.4 Å². The molecule has 5 N–H and O–H groups in total. The zero-order valence-electron chi connectivity index (χ0n) is 25.5. The van der Waals surface area contributed by atoms with Crippen LogP contribution in [0.5, 0.6) is 0 Å². The maximum absolute atomic E-state index is 14.4. The Morgan fingerprint density at radius 3 is 2.42 bits per heavy atom. The number of likely N-dealkylation sites (tertiary alicyclic amines) is 2. The smallest absolute Gasteiger partial charge is 0.436 e. The van der Waals surface area contributed by atoms with E-state index >= 15 is 0 Å². The van der Waals surface area contributed by atoms with Gasteiger partial charge in [-0.3, -0.25) is 24.1 Å². The van der Waals surface area contributed by atoms with Crippen molar-refractivity contribution in [3.05, 3.63) is 54.1 Å². The predicted molar refractivity (Wildman–Crippen MR) is 161 cm³/mol. The van der Waals surface area contributed by atoms with Crippen LogP contribution in [0.2, 0.25) is 0 Å². The highest BCUT2D eigenvalue weighted by Crippen LogP contribution is 2.39. The Bertz CT molecular complexity index is 1810. The number of piperidine rings is 1. The minimum atomic E-state index is -4.83. The Morgan fingerprint density at radius 1 is 1.10 bits per heavy atom. The van der Waals surface area contributed by atoms with Crippen LogP contribution in [-0.2, 0) is 27.8 Å². The van der Waals surface area contributed by atoms with Gasteiger partial charge in [-0.2, -0.15) is 23.5 Å². The van der Waals surface area contributed by atoms with Crippen LogP contribution >= 0.6 is 0 Å². The number of aromatic amines is 1. The van der Waals surface area contributed by atoms with Crippen molar-refractivity contribution in [3.8, 4) is 17.3 Å². The van der Waals surface area contributed by atoms with Gasteiger partial charge in [-0.1, -0.05) is 0 Å². The minimum Gasteiger partial charge on any atom is -0.481 e. The third-order valence-corrected chi connectivity index (χ3v) is 8.50. The van der Waals surface area contributed by atoms with E-state index in [1.54, 1.807) is 10.9 Å². The van der Waals surface area contributed by atoms with E-state index in [0.717, 1.165) is 24.4 Å². The number of pyridine rings is 1. The number of halogens is 4. The molecular formula is C30H32F4N10O4. The number of anilines is 1. The Hall–Kier alpha value is -5.15. The highest BCUT2D eigenvalue weighted by molar-refractivity contribution is 5.93. The first-order valence-electron chi connectivity index (χ1n) is 14.9. The molecule has 18 heteroatoms. The minimum absolute atomic E-state index is 0.00885. The normalized spacial score (nSPS) is 16.9. The summed E-state index contributed by atoms with van der Waals surface area (Å²) in [5, 5.41) is 30.8. The average Bonchev–Trinajstić information content (AvgIpc) is 3.66. The number of fused-ring (bicyclic) bond motifs is 1. The number of nitrogens with zero attached hydrogens (tertiary/aromatic N) is 8. The van der Waals surface area contributed by atoms with Crippen molar-refractivity contribution in [1.82, 2.24) is 39.5 Å². The second-order valence-corrected chi connectivity index (χ2v) is 11.7. The molecule has 2 aliphatic rings. The summed E-state index contributed by atoms with van der Waals surface area (Å²) in [4.78, 5) is 38.4. The van der Waals surface area contributed by atoms with E-state index in [1.165, 1.54) is 12.4 Å². The molecule has 0 radical (unpaired) electrons. The monoisotopic (exact) mass is 672 g/mol. The van der Waals surface area contributed by atoms with Crippen LogP contribution in [-0.4, -0.2) is 93.9 Å². The maximum Gasteiger partial charge on any atom is 0.436 e. The van der Waals surface area contributed by atoms with Crippen molar-refractivity contribution >= 4 is 28.8 Å². The molecule has 0 aromatic carbocycles. The number of carboxylic acid groups (broad SMARTS) is 2. The number of nitrogens with two attached hydrogens (primary N) is 1. The van der Waals surface area contributed by atoms with Crippen molar-refractivity contribution in [1.29, 1.82) is 5.26 Å². The molecule has 14 nitrogen and oxygen atoms in total. The molecule has 0 aliphatic carbocycles. The van der Waals surface area contributed by atoms with Crippen molar-refractivity contribution < 1.29 is 37.4 Å². The molecule has 0 bridgehead atoms. The molecule has 2 fully saturated rings. The summed E-state index contributed by atoms with van der Waals surface area (Å²) in [7, 11) is 0. The Labute approximate surface area is 270 Å². The fraction of sp³-hybridized carbons (Fsp3) is 0.433. The second-order valence-electron chi connectivity index (χ2n) is 11.7. The molecule has 0 atom stereocenters. The predicted octanol–water partition coefficient (Wildman–Crippen LogP) is 3.48. The summed E-state index contributed by atoms with van der Waals surface area (Å²) >= 11 is 0. The zero-order valence-corrected chi connectivity index (χ0v) is 25.5. The third kappa shape index (κ3) is 7.37. The van der Waals surface area contributed by atoms with Crippen molar-refractivity contribution in [2.45, 2.75) is 56.4 Å². The molecule has 48 heavy (non-hydrogen) atoms. The number of rotatable bonds is 9. The van der Waals surface area contributed by atoms with Gasteiger partial charge in [0, 0.05) is 55.2 Å². The number of hydrogen-bond acceptors (Lipinski definition) is 10. The van der Waals surface area contributed by atoms with Gasteiger partial charge in [0.25, 0.3) is 0 Å². The lowest BCUT2D eigenvalue weighted by atomic mass is 9.83. The van der Waals surface area contributed by atoms with Crippen LogP contribution in [0.4, 0.5) is 23.4 Å². The molecule has 0 spiro atoms. The molecule has 0 unspecified atom stereocenters. The molecule has 2 saturated heterocycles. The number of carboxylic acids is 2. The van der Waals surface area contributed by atoms with Gasteiger partial charge in [-0.05, 0) is 38.1 Å². The van der Waals surface area contributed by atoms with Crippen LogP contribution in [0, 0.1) is 17.1 Å². The maximum atomic E-state index is 14.4. The number of aliphatic carboxylic acids is 2. The molecule has 254 valence electrons. The largest absolute Gasteiger partial charge is 0.481 e. The standard InChI is InChI=1S/C26H26F4N10.C4H6O4/c27-20-16(1-7-33-22(20)26(28,29)30)11-38-9-3-17(4-10-38)39-13-25(14-39,5-6-31)40-12-19(23(32)37-40)21-18-2-8-34-24(18)36-15-35-21;5-3(6)1-2-4(7)8/h1-2,7-8,12,15,17H,3-5,9-11,13-14H2,(H2,32,37)(H,34,35,36);1-2H2,(H,5,6)(H,7,8). The van der Waals surface area contributed by atoms with Crippen LogP contribution in [0.3, 0.4) is 0 Å². The number of nitrogens with one attached hydrogen (secondary N) is 1.